The van der Waals surface area contributed by atoms with Gasteiger partial charge in [-0.2, -0.15) is 0 Å². The maximum absolute atomic E-state index is 13.1. The van der Waals surface area contributed by atoms with Gasteiger partial charge in [-0.05, 0) is 40.9 Å². The molecule has 96 valence electrons. The van der Waals surface area contributed by atoms with Crippen molar-refractivity contribution < 1.29 is 9.13 Å². The summed E-state index contributed by atoms with van der Waals surface area (Å²) in [5.41, 5.74) is 0.117. The van der Waals surface area contributed by atoms with Crippen LogP contribution in [0.25, 0.3) is 0 Å². The maximum Gasteiger partial charge on any atom is 0.136 e. The molecule has 4 heteroatoms. The van der Waals surface area contributed by atoms with E-state index >= 15 is 0 Å². The van der Waals surface area contributed by atoms with Gasteiger partial charge < -0.3 is 4.74 Å². The largest absolute Gasteiger partial charge is 0.492 e. The van der Waals surface area contributed by atoms with E-state index in [1.807, 2.05) is 0 Å². The second kappa shape index (κ2) is 6.74. The third-order valence-electron chi connectivity index (χ3n) is 3.21. The summed E-state index contributed by atoms with van der Waals surface area (Å²) in [5.74, 6) is 0.290. The Morgan fingerprint density at radius 1 is 1.29 bits per heavy atom. The summed E-state index contributed by atoms with van der Waals surface area (Å²) in [5, 5.41) is 0.889. The van der Waals surface area contributed by atoms with E-state index < -0.39 is 0 Å². The number of alkyl halides is 1. The molecule has 0 spiro atoms. The minimum atomic E-state index is -0.277. The van der Waals surface area contributed by atoms with E-state index in [4.69, 9.17) is 4.74 Å². The molecule has 0 aromatic heterocycles. The zero-order chi connectivity index (χ0) is 12.9. The lowest BCUT2D eigenvalue weighted by atomic mass is 9.86. The molecular formula is C13H17Br2FO. The topological polar surface area (TPSA) is 9.23 Å². The summed E-state index contributed by atoms with van der Waals surface area (Å²) in [6, 6.07) is 4.49. The highest BCUT2D eigenvalue weighted by Gasteiger charge is 2.26. The highest BCUT2D eigenvalue weighted by atomic mass is 79.9. The van der Waals surface area contributed by atoms with Crippen LogP contribution in [0, 0.1) is 11.2 Å². The maximum atomic E-state index is 13.1. The second-order valence-electron chi connectivity index (χ2n) is 4.20. The lowest BCUT2D eigenvalue weighted by Crippen LogP contribution is -2.29. The molecule has 1 rings (SSSR count). The van der Waals surface area contributed by atoms with Gasteiger partial charge >= 0.3 is 0 Å². The van der Waals surface area contributed by atoms with E-state index in [0.717, 1.165) is 22.6 Å². The molecule has 0 heterocycles. The van der Waals surface area contributed by atoms with Crippen LogP contribution in [0.15, 0.2) is 22.7 Å². The van der Waals surface area contributed by atoms with Crippen molar-refractivity contribution in [2.75, 3.05) is 11.9 Å². The Morgan fingerprint density at radius 2 is 1.94 bits per heavy atom. The standard InChI is InChI=1S/C13H17Br2FO/c1-3-13(4-2,8-14)9-17-12-7-10(16)5-6-11(12)15/h5-7H,3-4,8-9H2,1-2H3. The van der Waals surface area contributed by atoms with Gasteiger partial charge in [-0.1, -0.05) is 29.8 Å². The molecule has 0 bridgehead atoms. The van der Waals surface area contributed by atoms with E-state index in [2.05, 4.69) is 45.7 Å². The quantitative estimate of drug-likeness (QED) is 0.630. The van der Waals surface area contributed by atoms with Gasteiger partial charge in [0.05, 0.1) is 11.1 Å². The van der Waals surface area contributed by atoms with Crippen molar-refractivity contribution >= 4 is 31.9 Å². The predicted molar refractivity (Wildman–Crippen MR) is 76.4 cm³/mol. The van der Waals surface area contributed by atoms with Crippen LogP contribution in [0.5, 0.6) is 5.75 Å². The average Bonchev–Trinajstić information content (AvgIpc) is 2.35. The third kappa shape index (κ3) is 3.95. The van der Waals surface area contributed by atoms with Crippen LogP contribution < -0.4 is 4.74 Å². The molecule has 0 aliphatic carbocycles. The first-order chi connectivity index (χ1) is 8.06. The highest BCUT2D eigenvalue weighted by molar-refractivity contribution is 9.10. The first-order valence-electron chi connectivity index (χ1n) is 5.70. The SMILES string of the molecule is CCC(CC)(CBr)COc1cc(F)ccc1Br. The summed E-state index contributed by atoms with van der Waals surface area (Å²) in [6.45, 7) is 4.89. The van der Waals surface area contributed by atoms with Crippen LogP contribution in [0.4, 0.5) is 4.39 Å². The molecule has 0 N–H and O–H groups in total. The number of halogens is 3. The molecular weight excluding hydrogens is 351 g/mol. The summed E-state index contributed by atoms with van der Waals surface area (Å²) in [4.78, 5) is 0. The lowest BCUT2D eigenvalue weighted by Gasteiger charge is -2.29. The van der Waals surface area contributed by atoms with E-state index in [1.54, 1.807) is 6.07 Å². The van der Waals surface area contributed by atoms with Gasteiger partial charge in [0.2, 0.25) is 0 Å². The number of ether oxygens (including phenoxy) is 1. The van der Waals surface area contributed by atoms with Crippen molar-refractivity contribution in [2.45, 2.75) is 26.7 Å². The Labute approximate surface area is 119 Å². The summed E-state index contributed by atoms with van der Waals surface area (Å²) < 4.78 is 19.6. The van der Waals surface area contributed by atoms with Gasteiger partial charge in [-0.3, -0.25) is 0 Å². The summed E-state index contributed by atoms with van der Waals surface area (Å²) >= 11 is 6.89. The fraction of sp³-hybridized carbons (Fsp3) is 0.538. The fourth-order valence-corrected chi connectivity index (χ4v) is 2.82. The zero-order valence-corrected chi connectivity index (χ0v) is 13.3. The molecule has 0 fully saturated rings. The molecule has 0 aliphatic heterocycles. The number of hydrogen-bond donors (Lipinski definition) is 0. The van der Waals surface area contributed by atoms with E-state index in [0.29, 0.717) is 12.4 Å². The van der Waals surface area contributed by atoms with Crippen molar-refractivity contribution in [1.29, 1.82) is 0 Å². The van der Waals surface area contributed by atoms with Gasteiger partial charge in [0.1, 0.15) is 11.6 Å². The molecule has 0 saturated carbocycles. The van der Waals surface area contributed by atoms with Crippen molar-refractivity contribution in [2.24, 2.45) is 5.41 Å². The van der Waals surface area contributed by atoms with Crippen molar-refractivity contribution in [1.82, 2.24) is 0 Å². The van der Waals surface area contributed by atoms with Crippen molar-refractivity contribution in [3.8, 4) is 5.75 Å². The first-order valence-corrected chi connectivity index (χ1v) is 7.62. The Morgan fingerprint density at radius 3 is 2.47 bits per heavy atom. The van der Waals surface area contributed by atoms with Gasteiger partial charge in [-0.15, -0.1) is 0 Å². The molecule has 1 aromatic rings. The number of hydrogen-bond acceptors (Lipinski definition) is 1. The molecule has 1 nitrogen and oxygen atoms in total. The van der Waals surface area contributed by atoms with Crippen LogP contribution in [-0.2, 0) is 0 Å². The van der Waals surface area contributed by atoms with Gasteiger partial charge in [0.25, 0.3) is 0 Å². The van der Waals surface area contributed by atoms with Crippen LogP contribution in [0.1, 0.15) is 26.7 Å². The Kier molecular flexibility index (Phi) is 5.93. The van der Waals surface area contributed by atoms with Crippen LogP contribution in [-0.4, -0.2) is 11.9 Å². The van der Waals surface area contributed by atoms with Gasteiger partial charge in [0, 0.05) is 16.8 Å². The van der Waals surface area contributed by atoms with E-state index in [1.165, 1.54) is 12.1 Å². The molecule has 0 amide bonds. The molecule has 0 atom stereocenters. The lowest BCUT2D eigenvalue weighted by molar-refractivity contribution is 0.156. The highest BCUT2D eigenvalue weighted by Crippen LogP contribution is 2.32. The number of benzene rings is 1. The molecule has 0 saturated heterocycles. The second-order valence-corrected chi connectivity index (χ2v) is 5.62. The van der Waals surface area contributed by atoms with Gasteiger partial charge in [-0.25, -0.2) is 4.39 Å². The monoisotopic (exact) mass is 366 g/mol. The third-order valence-corrected chi connectivity index (χ3v) is 5.06. The summed E-state index contributed by atoms with van der Waals surface area (Å²) in [6.07, 6.45) is 2.06. The zero-order valence-electron chi connectivity index (χ0n) is 10.1. The minimum absolute atomic E-state index is 0.117. The van der Waals surface area contributed by atoms with Crippen LogP contribution in [0.3, 0.4) is 0 Å². The first kappa shape index (κ1) is 15.0. The van der Waals surface area contributed by atoms with Crippen LogP contribution >= 0.6 is 31.9 Å². The van der Waals surface area contributed by atoms with Crippen LogP contribution in [0.2, 0.25) is 0 Å². The van der Waals surface area contributed by atoms with Gasteiger partial charge in [0.15, 0.2) is 0 Å². The molecule has 17 heavy (non-hydrogen) atoms. The Hall–Kier alpha value is -0.0900. The van der Waals surface area contributed by atoms with Crippen molar-refractivity contribution in [3.05, 3.63) is 28.5 Å². The molecule has 0 aliphatic rings. The normalized spacial score (nSPS) is 11.6. The predicted octanol–water partition coefficient (Wildman–Crippen LogP) is 5.17. The van der Waals surface area contributed by atoms with E-state index in [-0.39, 0.29) is 11.2 Å². The smallest absolute Gasteiger partial charge is 0.136 e. The average molecular weight is 368 g/mol. The Bertz CT molecular complexity index is 356. The molecule has 1 aromatic carbocycles. The Balaban J connectivity index is 2.75. The fourth-order valence-electron chi connectivity index (χ4n) is 1.50. The number of rotatable bonds is 6. The van der Waals surface area contributed by atoms with E-state index in [9.17, 15) is 4.39 Å². The molecule has 0 radical (unpaired) electrons. The molecule has 0 unspecified atom stereocenters. The van der Waals surface area contributed by atoms with Crippen molar-refractivity contribution in [3.63, 3.8) is 0 Å². The summed E-state index contributed by atoms with van der Waals surface area (Å²) in [7, 11) is 0. The minimum Gasteiger partial charge on any atom is -0.492 e.